The molecule has 0 aliphatic carbocycles. The maximum atomic E-state index is 4.41. The van der Waals surface area contributed by atoms with E-state index in [9.17, 15) is 0 Å². The Morgan fingerprint density at radius 3 is 2.88 bits per heavy atom. The number of rotatable bonds is 4. The summed E-state index contributed by atoms with van der Waals surface area (Å²) in [7, 11) is 0. The van der Waals surface area contributed by atoms with E-state index in [1.165, 1.54) is 6.33 Å². The molecule has 0 amide bonds. The van der Waals surface area contributed by atoms with Crippen molar-refractivity contribution in [1.29, 1.82) is 0 Å². The highest BCUT2D eigenvalue weighted by Gasteiger charge is 2.11. The van der Waals surface area contributed by atoms with Crippen LogP contribution in [-0.4, -0.2) is 31.7 Å². The number of aryl methyl sites for hydroxylation is 1. The lowest BCUT2D eigenvalue weighted by Crippen LogP contribution is -2.06. The van der Waals surface area contributed by atoms with E-state index in [1.807, 2.05) is 6.92 Å². The molecule has 2 aromatic rings. The lowest BCUT2D eigenvalue weighted by atomic mass is 10.4. The summed E-state index contributed by atoms with van der Waals surface area (Å²) in [4.78, 5) is 12.8. The van der Waals surface area contributed by atoms with Crippen LogP contribution >= 0.6 is 15.9 Å². The zero-order chi connectivity index (χ0) is 12.3. The van der Waals surface area contributed by atoms with Crippen molar-refractivity contribution in [3.63, 3.8) is 0 Å². The van der Waals surface area contributed by atoms with E-state index < -0.39 is 0 Å². The average Bonchev–Trinajstić information content (AvgIpc) is 2.84. The van der Waals surface area contributed by atoms with E-state index in [4.69, 9.17) is 0 Å². The highest BCUT2D eigenvalue weighted by Crippen LogP contribution is 2.25. The fourth-order valence-electron chi connectivity index (χ4n) is 1.34. The monoisotopic (exact) mass is 296 g/mol. The first kappa shape index (κ1) is 12.0. The molecule has 0 fully saturated rings. The average molecular weight is 297 g/mol. The van der Waals surface area contributed by atoms with Crippen LogP contribution < -0.4 is 5.32 Å². The molecule has 2 rings (SSSR count). The zero-order valence-electron chi connectivity index (χ0n) is 9.66. The van der Waals surface area contributed by atoms with Gasteiger partial charge in [0, 0.05) is 6.54 Å². The third kappa shape index (κ3) is 2.60. The van der Waals surface area contributed by atoms with E-state index in [2.05, 4.69) is 53.3 Å². The molecule has 2 N–H and O–H groups in total. The molecular weight excluding hydrogens is 284 g/mol. The Kier molecular flexibility index (Phi) is 3.68. The Morgan fingerprint density at radius 2 is 2.24 bits per heavy atom. The van der Waals surface area contributed by atoms with Gasteiger partial charge in [-0.1, -0.05) is 6.92 Å². The maximum Gasteiger partial charge on any atom is 0.199 e. The number of halogens is 1. The van der Waals surface area contributed by atoms with Crippen molar-refractivity contribution < 1.29 is 0 Å². The second-order valence-corrected chi connectivity index (χ2v) is 4.35. The number of aromatic amines is 1. The van der Waals surface area contributed by atoms with Crippen molar-refractivity contribution >= 4 is 21.7 Å². The molecule has 0 bridgehead atoms. The van der Waals surface area contributed by atoms with Crippen LogP contribution in [0.5, 0.6) is 0 Å². The summed E-state index contributed by atoms with van der Waals surface area (Å²) < 4.78 is 0.884. The first-order chi connectivity index (χ1) is 8.22. The molecule has 0 unspecified atom stereocenters. The van der Waals surface area contributed by atoms with Gasteiger partial charge in [-0.05, 0) is 29.3 Å². The first-order valence-corrected chi connectivity index (χ1v) is 6.15. The van der Waals surface area contributed by atoms with E-state index in [0.29, 0.717) is 11.6 Å². The normalized spacial score (nSPS) is 10.5. The molecule has 90 valence electrons. The third-order valence-corrected chi connectivity index (χ3v) is 3.14. The highest BCUT2D eigenvalue weighted by atomic mass is 79.9. The summed E-state index contributed by atoms with van der Waals surface area (Å²) >= 11 is 3.47. The second kappa shape index (κ2) is 5.22. The van der Waals surface area contributed by atoms with Gasteiger partial charge in [0.15, 0.2) is 11.6 Å². The molecule has 2 heterocycles. The van der Waals surface area contributed by atoms with Gasteiger partial charge in [0.2, 0.25) is 0 Å². The van der Waals surface area contributed by atoms with E-state index >= 15 is 0 Å². The van der Waals surface area contributed by atoms with Crippen molar-refractivity contribution in [2.75, 3.05) is 11.9 Å². The van der Waals surface area contributed by atoms with E-state index in [1.54, 1.807) is 0 Å². The molecule has 0 radical (unpaired) electrons. The number of anilines is 1. The molecule has 0 saturated carbocycles. The molecule has 0 saturated heterocycles. The molecule has 0 aromatic carbocycles. The number of hydrogen-bond donors (Lipinski definition) is 2. The predicted molar refractivity (Wildman–Crippen MR) is 68.6 cm³/mol. The van der Waals surface area contributed by atoms with Gasteiger partial charge in [-0.2, -0.15) is 5.10 Å². The zero-order valence-corrected chi connectivity index (χ0v) is 11.2. The van der Waals surface area contributed by atoms with Crippen LogP contribution in [0.25, 0.3) is 11.6 Å². The van der Waals surface area contributed by atoms with Gasteiger partial charge in [0.05, 0.1) is 10.2 Å². The highest BCUT2D eigenvalue weighted by molar-refractivity contribution is 9.10. The molecule has 6 nitrogen and oxygen atoms in total. The summed E-state index contributed by atoms with van der Waals surface area (Å²) in [5.74, 6) is 1.90. The fourth-order valence-corrected chi connectivity index (χ4v) is 1.66. The molecule has 0 aliphatic rings. The van der Waals surface area contributed by atoms with E-state index in [-0.39, 0.29) is 0 Å². The molecule has 17 heavy (non-hydrogen) atoms. The minimum absolute atomic E-state index is 0.543. The molecule has 0 atom stereocenters. The quantitative estimate of drug-likeness (QED) is 0.904. The smallest absolute Gasteiger partial charge is 0.199 e. The van der Waals surface area contributed by atoms with Crippen molar-refractivity contribution in [3.05, 3.63) is 16.5 Å². The Labute approximate surface area is 107 Å². The van der Waals surface area contributed by atoms with E-state index in [0.717, 1.165) is 29.0 Å². The van der Waals surface area contributed by atoms with Crippen LogP contribution in [-0.2, 0) is 0 Å². The second-order valence-electron chi connectivity index (χ2n) is 3.56. The van der Waals surface area contributed by atoms with Gasteiger partial charge >= 0.3 is 0 Å². The number of hydrogen-bond acceptors (Lipinski definition) is 5. The lowest BCUT2D eigenvalue weighted by molar-refractivity contribution is 0.954. The molecule has 2 aromatic heterocycles. The summed E-state index contributed by atoms with van der Waals surface area (Å²) in [5, 5.41) is 9.79. The largest absolute Gasteiger partial charge is 0.369 e. The standard InChI is InChI=1S/C10H13BrN6/c1-3-4-12-8-7(11)6(2)15-10(16-8)9-13-5-14-17-9/h5H,3-4H2,1-2H3,(H,12,15,16)(H,13,14,17). The topological polar surface area (TPSA) is 79.4 Å². The molecule has 7 heteroatoms. The summed E-state index contributed by atoms with van der Waals surface area (Å²) in [6.45, 7) is 4.89. The maximum absolute atomic E-state index is 4.41. The summed E-state index contributed by atoms with van der Waals surface area (Å²) in [6.07, 6.45) is 2.47. The van der Waals surface area contributed by atoms with Crippen LogP contribution in [0.1, 0.15) is 19.0 Å². The molecule has 0 aliphatic heterocycles. The predicted octanol–water partition coefficient (Wildman–Crippen LogP) is 2.15. The fraction of sp³-hybridized carbons (Fsp3) is 0.400. The van der Waals surface area contributed by atoms with Crippen molar-refractivity contribution in [3.8, 4) is 11.6 Å². The van der Waals surface area contributed by atoms with Crippen LogP contribution in [0.3, 0.4) is 0 Å². The number of aromatic nitrogens is 5. The molecule has 0 spiro atoms. The van der Waals surface area contributed by atoms with Gasteiger partial charge in [-0.3, -0.25) is 5.10 Å². The minimum Gasteiger partial charge on any atom is -0.369 e. The Balaban J connectivity index is 2.39. The number of nitrogens with zero attached hydrogens (tertiary/aromatic N) is 4. The van der Waals surface area contributed by atoms with Crippen molar-refractivity contribution in [2.45, 2.75) is 20.3 Å². The number of H-pyrrole nitrogens is 1. The first-order valence-electron chi connectivity index (χ1n) is 5.36. The van der Waals surface area contributed by atoms with Crippen molar-refractivity contribution in [2.24, 2.45) is 0 Å². The van der Waals surface area contributed by atoms with Gasteiger partial charge < -0.3 is 5.32 Å². The minimum atomic E-state index is 0.543. The Hall–Kier alpha value is -1.50. The molecular formula is C10H13BrN6. The van der Waals surface area contributed by atoms with Crippen LogP contribution in [0.2, 0.25) is 0 Å². The Morgan fingerprint density at radius 1 is 1.41 bits per heavy atom. The SMILES string of the molecule is CCCNc1nc(-c2ncn[nH]2)nc(C)c1Br. The van der Waals surface area contributed by atoms with Gasteiger partial charge in [0.1, 0.15) is 12.1 Å². The number of nitrogens with one attached hydrogen (secondary N) is 2. The van der Waals surface area contributed by atoms with Crippen molar-refractivity contribution in [1.82, 2.24) is 25.1 Å². The van der Waals surface area contributed by atoms with Crippen LogP contribution in [0.4, 0.5) is 5.82 Å². The van der Waals surface area contributed by atoms with Crippen LogP contribution in [0, 0.1) is 6.92 Å². The summed E-state index contributed by atoms with van der Waals surface area (Å²) in [6, 6.07) is 0. The Bertz CT molecular complexity index is 496. The lowest BCUT2D eigenvalue weighted by Gasteiger charge is -2.09. The van der Waals surface area contributed by atoms with Gasteiger partial charge in [-0.25, -0.2) is 15.0 Å². The van der Waals surface area contributed by atoms with Crippen LogP contribution in [0.15, 0.2) is 10.8 Å². The third-order valence-electron chi connectivity index (χ3n) is 2.19. The summed E-state index contributed by atoms with van der Waals surface area (Å²) in [5.41, 5.74) is 0.866. The van der Waals surface area contributed by atoms with Gasteiger partial charge in [0.25, 0.3) is 0 Å². The van der Waals surface area contributed by atoms with Gasteiger partial charge in [-0.15, -0.1) is 0 Å².